The summed E-state index contributed by atoms with van der Waals surface area (Å²) in [5.41, 5.74) is 7.47. The summed E-state index contributed by atoms with van der Waals surface area (Å²) in [5.74, 6) is -0.415. The Hall–Kier alpha value is -2.33. The Morgan fingerprint density at radius 2 is 1.90 bits per heavy atom. The molecule has 1 amide bonds. The van der Waals surface area contributed by atoms with E-state index < -0.39 is 0 Å². The molecule has 0 unspecified atom stereocenters. The minimum Gasteiger partial charge on any atom is -0.399 e. The van der Waals surface area contributed by atoms with E-state index in [2.05, 4.69) is 5.32 Å². The first-order chi connectivity index (χ1) is 9.47. The molecule has 2 rings (SSSR count). The Kier molecular flexibility index (Phi) is 4.05. The van der Waals surface area contributed by atoms with Crippen molar-refractivity contribution in [2.75, 3.05) is 11.1 Å². The second-order valence-corrected chi connectivity index (χ2v) is 4.74. The molecule has 4 nitrogen and oxygen atoms in total. The first-order valence-corrected chi connectivity index (χ1v) is 6.32. The van der Waals surface area contributed by atoms with Crippen molar-refractivity contribution in [2.24, 2.45) is 0 Å². The molecule has 102 valence electrons. The number of halogens is 1. The SMILES string of the molecule is CC(=O)c1cccc(NC(=O)c2ccc(N)cc2Cl)c1. The van der Waals surface area contributed by atoms with E-state index >= 15 is 0 Å². The maximum atomic E-state index is 12.1. The number of anilines is 2. The molecule has 0 atom stereocenters. The van der Waals surface area contributed by atoms with Crippen LogP contribution in [0.2, 0.25) is 5.02 Å². The van der Waals surface area contributed by atoms with Crippen LogP contribution in [-0.4, -0.2) is 11.7 Å². The van der Waals surface area contributed by atoms with Gasteiger partial charge in [-0.05, 0) is 37.3 Å². The van der Waals surface area contributed by atoms with Crippen molar-refractivity contribution in [3.63, 3.8) is 0 Å². The van der Waals surface area contributed by atoms with Crippen molar-refractivity contribution in [1.29, 1.82) is 0 Å². The van der Waals surface area contributed by atoms with Gasteiger partial charge in [0.25, 0.3) is 5.91 Å². The van der Waals surface area contributed by atoms with E-state index in [0.717, 1.165) is 0 Å². The van der Waals surface area contributed by atoms with Crippen LogP contribution in [0, 0.1) is 0 Å². The molecule has 0 saturated carbocycles. The van der Waals surface area contributed by atoms with Gasteiger partial charge in [-0.3, -0.25) is 9.59 Å². The summed E-state index contributed by atoms with van der Waals surface area (Å²) in [6.07, 6.45) is 0. The zero-order chi connectivity index (χ0) is 14.7. The predicted octanol–water partition coefficient (Wildman–Crippen LogP) is 3.38. The second kappa shape index (κ2) is 5.75. The summed E-state index contributed by atoms with van der Waals surface area (Å²) >= 11 is 5.98. The minimum absolute atomic E-state index is 0.0633. The first-order valence-electron chi connectivity index (χ1n) is 5.95. The fourth-order valence-electron chi connectivity index (χ4n) is 1.73. The molecule has 0 aliphatic carbocycles. The maximum Gasteiger partial charge on any atom is 0.257 e. The van der Waals surface area contributed by atoms with Gasteiger partial charge in [-0.1, -0.05) is 23.7 Å². The number of nitrogens with one attached hydrogen (secondary N) is 1. The molecule has 0 heterocycles. The van der Waals surface area contributed by atoms with Gasteiger partial charge in [-0.2, -0.15) is 0 Å². The lowest BCUT2D eigenvalue weighted by atomic mass is 10.1. The number of ketones is 1. The lowest BCUT2D eigenvalue weighted by Crippen LogP contribution is -2.13. The number of benzene rings is 2. The normalized spacial score (nSPS) is 10.1. The van der Waals surface area contributed by atoms with Gasteiger partial charge in [0, 0.05) is 16.9 Å². The average Bonchev–Trinajstić information content (AvgIpc) is 2.38. The molecule has 0 radical (unpaired) electrons. The van der Waals surface area contributed by atoms with Crippen LogP contribution in [0.5, 0.6) is 0 Å². The zero-order valence-corrected chi connectivity index (χ0v) is 11.6. The number of rotatable bonds is 3. The quantitative estimate of drug-likeness (QED) is 0.672. The van der Waals surface area contributed by atoms with Crippen molar-refractivity contribution in [3.8, 4) is 0 Å². The molecule has 5 heteroatoms. The summed E-state index contributed by atoms with van der Waals surface area (Å²) in [6, 6.07) is 11.4. The van der Waals surface area contributed by atoms with Gasteiger partial charge in [0.1, 0.15) is 0 Å². The third kappa shape index (κ3) is 3.16. The third-order valence-electron chi connectivity index (χ3n) is 2.76. The molecule has 0 bridgehead atoms. The van der Waals surface area contributed by atoms with E-state index in [9.17, 15) is 9.59 Å². The number of nitrogen functional groups attached to an aromatic ring is 1. The highest BCUT2D eigenvalue weighted by Gasteiger charge is 2.11. The van der Waals surface area contributed by atoms with E-state index in [1.54, 1.807) is 36.4 Å². The third-order valence-corrected chi connectivity index (χ3v) is 3.08. The number of hydrogen-bond acceptors (Lipinski definition) is 3. The number of Topliss-reactive ketones (excluding diaryl/α,β-unsaturated/α-hetero) is 1. The highest BCUT2D eigenvalue weighted by Crippen LogP contribution is 2.21. The Balaban J connectivity index is 2.23. The monoisotopic (exact) mass is 288 g/mol. The molecule has 0 aromatic heterocycles. The number of carbonyl (C=O) groups excluding carboxylic acids is 2. The van der Waals surface area contributed by atoms with Crippen LogP contribution in [0.4, 0.5) is 11.4 Å². The molecular weight excluding hydrogens is 276 g/mol. The Bertz CT molecular complexity index is 683. The first kappa shape index (κ1) is 14.1. The number of carbonyl (C=O) groups is 2. The summed E-state index contributed by atoms with van der Waals surface area (Å²) in [5, 5.41) is 2.98. The van der Waals surface area contributed by atoms with Crippen molar-refractivity contribution < 1.29 is 9.59 Å². The van der Waals surface area contributed by atoms with Crippen LogP contribution < -0.4 is 11.1 Å². The van der Waals surface area contributed by atoms with Crippen molar-refractivity contribution in [3.05, 3.63) is 58.6 Å². The smallest absolute Gasteiger partial charge is 0.257 e. The fraction of sp³-hybridized carbons (Fsp3) is 0.0667. The number of nitrogens with two attached hydrogens (primary N) is 1. The van der Waals surface area contributed by atoms with E-state index in [1.165, 1.54) is 13.0 Å². The molecule has 0 aliphatic rings. The molecule has 0 saturated heterocycles. The van der Waals surface area contributed by atoms with Crippen LogP contribution in [0.1, 0.15) is 27.6 Å². The standard InChI is InChI=1S/C15H13ClN2O2/c1-9(19)10-3-2-4-12(7-10)18-15(20)13-6-5-11(17)8-14(13)16/h2-8H,17H2,1H3,(H,18,20). The molecule has 0 aliphatic heterocycles. The number of hydrogen-bond donors (Lipinski definition) is 2. The molecule has 3 N–H and O–H groups in total. The van der Waals surface area contributed by atoms with Gasteiger partial charge < -0.3 is 11.1 Å². The minimum atomic E-state index is -0.351. The van der Waals surface area contributed by atoms with Crippen molar-refractivity contribution in [1.82, 2.24) is 0 Å². The van der Waals surface area contributed by atoms with Crippen LogP contribution in [0.3, 0.4) is 0 Å². The van der Waals surface area contributed by atoms with Crippen LogP contribution >= 0.6 is 11.6 Å². The average molecular weight is 289 g/mol. The lowest BCUT2D eigenvalue weighted by Gasteiger charge is -2.08. The zero-order valence-electron chi connectivity index (χ0n) is 10.8. The molecular formula is C15H13ClN2O2. The summed E-state index contributed by atoms with van der Waals surface area (Å²) < 4.78 is 0. The van der Waals surface area contributed by atoms with Crippen molar-refractivity contribution in [2.45, 2.75) is 6.92 Å². The molecule has 0 fully saturated rings. The number of amides is 1. The molecule has 2 aromatic carbocycles. The Morgan fingerprint density at radius 3 is 2.55 bits per heavy atom. The highest BCUT2D eigenvalue weighted by molar-refractivity contribution is 6.34. The van der Waals surface area contributed by atoms with Crippen LogP contribution in [-0.2, 0) is 0 Å². The van der Waals surface area contributed by atoms with Gasteiger partial charge in [0.2, 0.25) is 0 Å². The molecule has 0 spiro atoms. The summed E-state index contributed by atoms with van der Waals surface area (Å²) in [4.78, 5) is 23.4. The van der Waals surface area contributed by atoms with Gasteiger partial charge in [0.15, 0.2) is 5.78 Å². The summed E-state index contributed by atoms with van der Waals surface area (Å²) in [7, 11) is 0. The van der Waals surface area contributed by atoms with Gasteiger partial charge in [0.05, 0.1) is 10.6 Å². The highest BCUT2D eigenvalue weighted by atomic mass is 35.5. The van der Waals surface area contributed by atoms with Crippen LogP contribution in [0.25, 0.3) is 0 Å². The van der Waals surface area contributed by atoms with Gasteiger partial charge in [-0.25, -0.2) is 0 Å². The Labute approximate surface area is 121 Å². The lowest BCUT2D eigenvalue weighted by molar-refractivity contribution is 0.101. The molecule has 20 heavy (non-hydrogen) atoms. The Morgan fingerprint density at radius 1 is 1.15 bits per heavy atom. The van der Waals surface area contributed by atoms with E-state index in [4.69, 9.17) is 17.3 Å². The van der Waals surface area contributed by atoms with Crippen molar-refractivity contribution >= 4 is 34.7 Å². The summed E-state index contributed by atoms with van der Waals surface area (Å²) in [6.45, 7) is 1.47. The van der Waals surface area contributed by atoms with E-state index in [0.29, 0.717) is 22.5 Å². The van der Waals surface area contributed by atoms with E-state index in [-0.39, 0.29) is 16.7 Å². The van der Waals surface area contributed by atoms with E-state index in [1.807, 2.05) is 0 Å². The topological polar surface area (TPSA) is 72.2 Å². The second-order valence-electron chi connectivity index (χ2n) is 4.33. The fourth-order valence-corrected chi connectivity index (χ4v) is 2.00. The van der Waals surface area contributed by atoms with Gasteiger partial charge >= 0.3 is 0 Å². The maximum absolute atomic E-state index is 12.1. The van der Waals surface area contributed by atoms with Crippen LogP contribution in [0.15, 0.2) is 42.5 Å². The largest absolute Gasteiger partial charge is 0.399 e. The molecule has 2 aromatic rings. The van der Waals surface area contributed by atoms with Gasteiger partial charge in [-0.15, -0.1) is 0 Å². The predicted molar refractivity (Wildman–Crippen MR) is 80.3 cm³/mol.